The summed E-state index contributed by atoms with van der Waals surface area (Å²) >= 11 is 0. The van der Waals surface area contributed by atoms with Gasteiger partial charge >= 0.3 is 0 Å². The third-order valence-electron chi connectivity index (χ3n) is 3.70. The number of aromatic amines is 1. The molecule has 3 N–H and O–H groups in total. The molecule has 0 spiro atoms. The van der Waals surface area contributed by atoms with Gasteiger partial charge < -0.3 is 15.4 Å². The van der Waals surface area contributed by atoms with Gasteiger partial charge in [0.1, 0.15) is 6.04 Å². The van der Waals surface area contributed by atoms with Crippen molar-refractivity contribution in [2.24, 2.45) is 0 Å². The number of carbonyl (C=O) groups excluding carboxylic acids is 2. The van der Waals surface area contributed by atoms with E-state index in [2.05, 4.69) is 20.8 Å². The van der Waals surface area contributed by atoms with Crippen molar-refractivity contribution in [2.45, 2.75) is 25.4 Å². The number of hydrogen-bond donors (Lipinski definition) is 3. The minimum absolute atomic E-state index is 0.0260. The van der Waals surface area contributed by atoms with Crippen LogP contribution in [0.3, 0.4) is 0 Å². The van der Waals surface area contributed by atoms with Gasteiger partial charge in [0.2, 0.25) is 5.91 Å². The normalized spacial score (nSPS) is 19.0. The number of hydrogen-bond acceptors (Lipinski definition) is 4. The molecule has 2 heterocycles. The lowest BCUT2D eigenvalue weighted by molar-refractivity contribution is -0.123. The smallest absolute Gasteiger partial charge is 0.273 e. The summed E-state index contributed by atoms with van der Waals surface area (Å²) in [5.74, 6) is -0.591. The summed E-state index contributed by atoms with van der Waals surface area (Å²) in [4.78, 5) is 24.3. The Labute approximate surface area is 127 Å². The average Bonchev–Trinajstić information content (AvgIpc) is 3.15. The first-order valence-corrected chi connectivity index (χ1v) is 7.27. The summed E-state index contributed by atoms with van der Waals surface area (Å²) in [7, 11) is 0. The second-order valence-corrected chi connectivity index (χ2v) is 5.38. The Morgan fingerprint density at radius 3 is 3.00 bits per heavy atom. The summed E-state index contributed by atoms with van der Waals surface area (Å²) in [5.41, 5.74) is 1.08. The number of benzene rings is 1. The minimum atomic E-state index is -0.636. The van der Waals surface area contributed by atoms with E-state index >= 15 is 0 Å². The Bertz CT molecular complexity index is 691. The molecule has 22 heavy (non-hydrogen) atoms. The third kappa shape index (κ3) is 2.94. The van der Waals surface area contributed by atoms with Gasteiger partial charge in [0.05, 0.1) is 18.2 Å². The first kappa shape index (κ1) is 14.5. The van der Waals surface area contributed by atoms with E-state index in [4.69, 9.17) is 4.74 Å². The van der Waals surface area contributed by atoms with E-state index in [0.717, 1.165) is 17.3 Å². The Hall–Kier alpha value is -2.41. The van der Waals surface area contributed by atoms with Gasteiger partial charge in [-0.25, -0.2) is 0 Å². The fraction of sp³-hybridized carbons (Fsp3) is 0.400. The van der Waals surface area contributed by atoms with Crippen LogP contribution < -0.4 is 10.6 Å². The molecule has 7 nitrogen and oxygen atoms in total. The molecule has 0 bridgehead atoms. The fourth-order valence-corrected chi connectivity index (χ4v) is 2.44. The van der Waals surface area contributed by atoms with Gasteiger partial charge in [0.25, 0.3) is 5.91 Å². The van der Waals surface area contributed by atoms with Crippen molar-refractivity contribution in [1.29, 1.82) is 0 Å². The van der Waals surface area contributed by atoms with Crippen molar-refractivity contribution in [3.05, 3.63) is 30.0 Å². The zero-order valence-electron chi connectivity index (χ0n) is 12.3. The molecule has 116 valence electrons. The molecule has 1 aromatic heterocycles. The molecule has 1 saturated heterocycles. The molecular formula is C15H18N4O3. The largest absolute Gasteiger partial charge is 0.379 e. The molecule has 1 fully saturated rings. The maximum Gasteiger partial charge on any atom is 0.273 e. The first-order chi connectivity index (χ1) is 10.6. The van der Waals surface area contributed by atoms with Gasteiger partial charge in [-0.3, -0.25) is 14.7 Å². The van der Waals surface area contributed by atoms with E-state index in [-0.39, 0.29) is 17.9 Å². The number of nitrogens with one attached hydrogen (secondary N) is 3. The number of amides is 2. The van der Waals surface area contributed by atoms with Crippen LogP contribution >= 0.6 is 0 Å². The van der Waals surface area contributed by atoms with E-state index in [1.807, 2.05) is 24.3 Å². The zero-order valence-corrected chi connectivity index (χ0v) is 12.3. The molecule has 0 saturated carbocycles. The standard InChI is InChI=1S/C15H18N4O3/c1-9(14(20)17-10-6-7-22-8-10)16-15(21)13-11-4-2-3-5-12(11)18-19-13/h2-5,9-10H,6-8H2,1H3,(H,16,21)(H,17,20)(H,18,19). The highest BCUT2D eigenvalue weighted by atomic mass is 16.5. The van der Waals surface area contributed by atoms with Gasteiger partial charge in [-0.15, -0.1) is 0 Å². The highest BCUT2D eigenvalue weighted by molar-refractivity contribution is 6.05. The van der Waals surface area contributed by atoms with Gasteiger partial charge in [-0.05, 0) is 19.4 Å². The van der Waals surface area contributed by atoms with Crippen molar-refractivity contribution in [3.8, 4) is 0 Å². The van der Waals surface area contributed by atoms with E-state index in [0.29, 0.717) is 18.9 Å². The number of rotatable bonds is 4. The molecule has 2 atom stereocenters. The van der Waals surface area contributed by atoms with Crippen LogP contribution in [0.15, 0.2) is 24.3 Å². The molecule has 1 aliphatic rings. The first-order valence-electron chi connectivity index (χ1n) is 7.27. The number of nitrogens with zero attached hydrogens (tertiary/aromatic N) is 1. The number of H-pyrrole nitrogens is 1. The monoisotopic (exact) mass is 302 g/mol. The highest BCUT2D eigenvalue weighted by Crippen LogP contribution is 2.14. The van der Waals surface area contributed by atoms with Crippen LogP contribution in [0.1, 0.15) is 23.8 Å². The third-order valence-corrected chi connectivity index (χ3v) is 3.70. The molecule has 1 aliphatic heterocycles. The predicted molar refractivity (Wildman–Crippen MR) is 80.4 cm³/mol. The van der Waals surface area contributed by atoms with Crippen LogP contribution in [0.4, 0.5) is 0 Å². The van der Waals surface area contributed by atoms with Gasteiger partial charge in [0.15, 0.2) is 5.69 Å². The Morgan fingerprint density at radius 1 is 1.41 bits per heavy atom. The Morgan fingerprint density at radius 2 is 2.23 bits per heavy atom. The lowest BCUT2D eigenvalue weighted by Gasteiger charge is -2.16. The number of ether oxygens (including phenoxy) is 1. The van der Waals surface area contributed by atoms with Crippen LogP contribution in [-0.4, -0.2) is 47.3 Å². The molecule has 0 radical (unpaired) electrons. The van der Waals surface area contributed by atoms with E-state index in [1.54, 1.807) is 6.92 Å². The fourth-order valence-electron chi connectivity index (χ4n) is 2.44. The molecule has 3 rings (SSSR count). The summed E-state index contributed by atoms with van der Waals surface area (Å²) in [6, 6.07) is 6.75. The Kier molecular flexibility index (Phi) is 4.06. The molecule has 2 amide bonds. The summed E-state index contributed by atoms with van der Waals surface area (Å²) < 4.78 is 5.21. The van der Waals surface area contributed by atoms with Crippen LogP contribution in [0.2, 0.25) is 0 Å². The zero-order chi connectivity index (χ0) is 15.5. The lowest BCUT2D eigenvalue weighted by Crippen LogP contribution is -2.48. The van der Waals surface area contributed by atoms with E-state index in [9.17, 15) is 9.59 Å². The topological polar surface area (TPSA) is 96.1 Å². The predicted octanol–water partition coefficient (Wildman–Crippen LogP) is 0.586. The molecular weight excluding hydrogens is 284 g/mol. The minimum Gasteiger partial charge on any atom is -0.379 e. The number of fused-ring (bicyclic) bond motifs is 1. The molecule has 2 aromatic rings. The highest BCUT2D eigenvalue weighted by Gasteiger charge is 2.23. The number of carbonyl (C=O) groups is 2. The van der Waals surface area contributed by atoms with E-state index < -0.39 is 6.04 Å². The van der Waals surface area contributed by atoms with Gasteiger partial charge in [0, 0.05) is 12.0 Å². The van der Waals surface area contributed by atoms with Crippen molar-refractivity contribution in [1.82, 2.24) is 20.8 Å². The second-order valence-electron chi connectivity index (χ2n) is 5.38. The van der Waals surface area contributed by atoms with Crippen molar-refractivity contribution < 1.29 is 14.3 Å². The molecule has 2 unspecified atom stereocenters. The second kappa shape index (κ2) is 6.15. The lowest BCUT2D eigenvalue weighted by atomic mass is 10.2. The summed E-state index contributed by atoms with van der Waals surface area (Å²) in [6.07, 6.45) is 0.802. The molecule has 1 aromatic carbocycles. The van der Waals surface area contributed by atoms with Crippen LogP contribution in [0, 0.1) is 0 Å². The quantitative estimate of drug-likeness (QED) is 0.770. The van der Waals surface area contributed by atoms with Crippen molar-refractivity contribution >= 4 is 22.7 Å². The van der Waals surface area contributed by atoms with Crippen LogP contribution in [0.5, 0.6) is 0 Å². The summed E-state index contributed by atoms with van der Waals surface area (Å²) in [5, 5.41) is 13.1. The van der Waals surface area contributed by atoms with Crippen LogP contribution in [0.25, 0.3) is 10.9 Å². The average molecular weight is 302 g/mol. The van der Waals surface area contributed by atoms with Crippen LogP contribution in [-0.2, 0) is 9.53 Å². The van der Waals surface area contributed by atoms with Gasteiger partial charge in [-0.1, -0.05) is 18.2 Å². The number of aromatic nitrogens is 2. The van der Waals surface area contributed by atoms with Crippen molar-refractivity contribution in [3.63, 3.8) is 0 Å². The van der Waals surface area contributed by atoms with E-state index in [1.165, 1.54) is 0 Å². The Balaban J connectivity index is 1.64. The molecule has 0 aliphatic carbocycles. The maximum absolute atomic E-state index is 12.3. The SMILES string of the molecule is CC(NC(=O)c1n[nH]c2ccccc12)C(=O)NC1CCOC1. The van der Waals surface area contributed by atoms with Gasteiger partial charge in [-0.2, -0.15) is 5.10 Å². The summed E-state index contributed by atoms with van der Waals surface area (Å²) in [6.45, 7) is 2.83. The number of para-hydroxylation sites is 1. The maximum atomic E-state index is 12.3. The van der Waals surface area contributed by atoms with Crippen molar-refractivity contribution in [2.75, 3.05) is 13.2 Å². The molecule has 7 heteroatoms.